The molecule has 3 N–H and O–H groups in total. The molecule has 0 bridgehead atoms. The molecule has 0 radical (unpaired) electrons. The summed E-state index contributed by atoms with van der Waals surface area (Å²) in [5.41, 5.74) is 7.47. The molecule has 0 saturated carbocycles. The second-order valence-corrected chi connectivity index (χ2v) is 5.80. The number of carbonyl (C=O) groups excluding carboxylic acids is 3. The Morgan fingerprint density at radius 2 is 1.48 bits per heavy atom. The SMILES string of the molecule is CCN(CC)C(=O)c1ccc(NC(=O)COC(=O)c2ccc(N)cc2)cc1. The predicted molar refractivity (Wildman–Crippen MR) is 103 cm³/mol. The standard InChI is InChI=1S/C20H23N3O4/c1-3-23(4-2)19(25)14-7-11-17(12-8-14)22-18(24)13-27-20(26)15-5-9-16(21)10-6-15/h5-12H,3-4,13,21H2,1-2H3,(H,22,24). The number of nitrogens with two attached hydrogens (primary N) is 1. The molecule has 0 heterocycles. The van der Waals surface area contributed by atoms with Crippen LogP contribution in [0.5, 0.6) is 0 Å². The van der Waals surface area contributed by atoms with E-state index in [2.05, 4.69) is 5.32 Å². The van der Waals surface area contributed by atoms with E-state index >= 15 is 0 Å². The van der Waals surface area contributed by atoms with E-state index in [0.717, 1.165) is 0 Å². The Labute approximate surface area is 158 Å². The fraction of sp³-hybridized carbons (Fsp3) is 0.250. The van der Waals surface area contributed by atoms with Crippen molar-refractivity contribution in [1.29, 1.82) is 0 Å². The third-order valence-electron chi connectivity index (χ3n) is 3.95. The molecular weight excluding hydrogens is 346 g/mol. The highest BCUT2D eigenvalue weighted by Gasteiger charge is 2.13. The van der Waals surface area contributed by atoms with E-state index in [9.17, 15) is 14.4 Å². The molecule has 0 atom stereocenters. The zero-order chi connectivity index (χ0) is 19.8. The highest BCUT2D eigenvalue weighted by Crippen LogP contribution is 2.12. The average Bonchev–Trinajstić information content (AvgIpc) is 2.68. The Morgan fingerprint density at radius 1 is 0.926 bits per heavy atom. The lowest BCUT2D eigenvalue weighted by molar-refractivity contribution is -0.119. The van der Waals surface area contributed by atoms with E-state index < -0.39 is 18.5 Å². The first-order valence-electron chi connectivity index (χ1n) is 8.66. The molecule has 7 heteroatoms. The topological polar surface area (TPSA) is 102 Å². The van der Waals surface area contributed by atoms with E-state index in [4.69, 9.17) is 10.5 Å². The summed E-state index contributed by atoms with van der Waals surface area (Å²) in [7, 11) is 0. The Kier molecular flexibility index (Phi) is 6.93. The lowest BCUT2D eigenvalue weighted by Gasteiger charge is -2.18. The number of nitrogens with one attached hydrogen (secondary N) is 1. The lowest BCUT2D eigenvalue weighted by Crippen LogP contribution is -2.30. The van der Waals surface area contributed by atoms with Crippen molar-refractivity contribution < 1.29 is 19.1 Å². The van der Waals surface area contributed by atoms with Crippen LogP contribution in [0.2, 0.25) is 0 Å². The summed E-state index contributed by atoms with van der Waals surface area (Å²) in [6.45, 7) is 4.69. The maximum absolute atomic E-state index is 12.2. The second kappa shape index (κ2) is 9.38. The number of hydrogen-bond donors (Lipinski definition) is 2. The average molecular weight is 369 g/mol. The van der Waals surface area contributed by atoms with Gasteiger partial charge in [0.25, 0.3) is 11.8 Å². The molecule has 0 aliphatic rings. The second-order valence-electron chi connectivity index (χ2n) is 5.80. The first kappa shape index (κ1) is 20.0. The van der Waals surface area contributed by atoms with Gasteiger partial charge in [-0.05, 0) is 62.4 Å². The van der Waals surface area contributed by atoms with Crippen LogP contribution in [0.4, 0.5) is 11.4 Å². The predicted octanol–water partition coefficient (Wildman–Crippen LogP) is 2.55. The maximum Gasteiger partial charge on any atom is 0.338 e. The number of rotatable bonds is 7. The van der Waals surface area contributed by atoms with Crippen LogP contribution in [0.1, 0.15) is 34.6 Å². The summed E-state index contributed by atoms with van der Waals surface area (Å²) < 4.78 is 4.97. The largest absolute Gasteiger partial charge is 0.452 e. The first-order chi connectivity index (χ1) is 12.9. The smallest absolute Gasteiger partial charge is 0.338 e. The van der Waals surface area contributed by atoms with Crippen molar-refractivity contribution in [2.24, 2.45) is 0 Å². The summed E-state index contributed by atoms with van der Waals surface area (Å²) >= 11 is 0. The van der Waals surface area contributed by atoms with Crippen LogP contribution < -0.4 is 11.1 Å². The maximum atomic E-state index is 12.2. The van der Waals surface area contributed by atoms with Gasteiger partial charge in [-0.2, -0.15) is 0 Å². The van der Waals surface area contributed by atoms with Crippen LogP contribution in [0, 0.1) is 0 Å². The minimum atomic E-state index is -0.606. The van der Waals surface area contributed by atoms with Crippen molar-refractivity contribution in [3.05, 3.63) is 59.7 Å². The minimum absolute atomic E-state index is 0.0599. The third-order valence-corrected chi connectivity index (χ3v) is 3.95. The molecule has 2 aromatic rings. The number of carbonyl (C=O) groups is 3. The Hall–Kier alpha value is -3.35. The van der Waals surface area contributed by atoms with Gasteiger partial charge in [-0.3, -0.25) is 9.59 Å². The molecule has 7 nitrogen and oxygen atoms in total. The number of ether oxygens (including phenoxy) is 1. The van der Waals surface area contributed by atoms with E-state index in [1.54, 1.807) is 41.3 Å². The molecule has 0 fully saturated rings. The van der Waals surface area contributed by atoms with Crippen molar-refractivity contribution in [3.8, 4) is 0 Å². The summed E-state index contributed by atoms with van der Waals surface area (Å²) in [5, 5.41) is 2.62. The quantitative estimate of drug-likeness (QED) is 0.577. The Bertz CT molecular complexity index is 797. The number of amides is 2. The molecule has 2 amide bonds. The lowest BCUT2D eigenvalue weighted by atomic mass is 10.2. The van der Waals surface area contributed by atoms with Gasteiger partial charge in [0.15, 0.2) is 6.61 Å². The first-order valence-corrected chi connectivity index (χ1v) is 8.66. The van der Waals surface area contributed by atoms with Crippen molar-refractivity contribution in [2.45, 2.75) is 13.8 Å². The van der Waals surface area contributed by atoms with Crippen LogP contribution in [0.3, 0.4) is 0 Å². The molecule has 2 rings (SSSR count). The zero-order valence-corrected chi connectivity index (χ0v) is 15.4. The van der Waals surface area contributed by atoms with Crippen LogP contribution in [-0.4, -0.2) is 42.4 Å². The summed E-state index contributed by atoms with van der Waals surface area (Å²) in [6.07, 6.45) is 0. The summed E-state index contributed by atoms with van der Waals surface area (Å²) in [6, 6.07) is 12.8. The zero-order valence-electron chi connectivity index (χ0n) is 15.4. The molecule has 2 aromatic carbocycles. The highest BCUT2D eigenvalue weighted by molar-refractivity contribution is 5.97. The minimum Gasteiger partial charge on any atom is -0.452 e. The molecule has 0 aliphatic heterocycles. The van der Waals surface area contributed by atoms with Crippen LogP contribution in [0.15, 0.2) is 48.5 Å². The van der Waals surface area contributed by atoms with Gasteiger partial charge in [-0.25, -0.2) is 4.79 Å². The number of hydrogen-bond acceptors (Lipinski definition) is 5. The number of esters is 1. The number of nitrogen functional groups attached to an aromatic ring is 1. The molecular formula is C20H23N3O4. The van der Waals surface area contributed by atoms with Gasteiger partial charge >= 0.3 is 5.97 Å². The van der Waals surface area contributed by atoms with Gasteiger partial charge in [0, 0.05) is 30.0 Å². The summed E-state index contributed by atoms with van der Waals surface area (Å²) in [5.74, 6) is -1.14. The van der Waals surface area contributed by atoms with E-state index in [1.807, 2.05) is 13.8 Å². The van der Waals surface area contributed by atoms with Crippen molar-refractivity contribution in [3.63, 3.8) is 0 Å². The van der Waals surface area contributed by atoms with Gasteiger partial charge < -0.3 is 20.7 Å². The van der Waals surface area contributed by atoms with Gasteiger partial charge in [0.2, 0.25) is 0 Å². The highest BCUT2D eigenvalue weighted by atomic mass is 16.5. The molecule has 0 spiro atoms. The van der Waals surface area contributed by atoms with Crippen molar-refractivity contribution in [1.82, 2.24) is 4.90 Å². The molecule has 0 aliphatic carbocycles. The van der Waals surface area contributed by atoms with Gasteiger partial charge in [0.1, 0.15) is 0 Å². The van der Waals surface area contributed by atoms with E-state index in [0.29, 0.717) is 35.6 Å². The van der Waals surface area contributed by atoms with Crippen LogP contribution in [0.25, 0.3) is 0 Å². The molecule has 142 valence electrons. The fourth-order valence-corrected chi connectivity index (χ4v) is 2.42. The third kappa shape index (κ3) is 5.57. The van der Waals surface area contributed by atoms with Gasteiger partial charge in [-0.1, -0.05) is 0 Å². The monoisotopic (exact) mass is 369 g/mol. The fourth-order valence-electron chi connectivity index (χ4n) is 2.42. The van der Waals surface area contributed by atoms with Crippen molar-refractivity contribution >= 4 is 29.2 Å². The Balaban J connectivity index is 1.87. The van der Waals surface area contributed by atoms with Crippen LogP contribution in [-0.2, 0) is 9.53 Å². The van der Waals surface area contributed by atoms with Gasteiger partial charge in [-0.15, -0.1) is 0 Å². The van der Waals surface area contributed by atoms with Crippen molar-refractivity contribution in [2.75, 3.05) is 30.7 Å². The normalized spacial score (nSPS) is 10.1. The van der Waals surface area contributed by atoms with E-state index in [-0.39, 0.29) is 5.91 Å². The molecule has 0 saturated heterocycles. The molecule has 0 aromatic heterocycles. The summed E-state index contributed by atoms with van der Waals surface area (Å²) in [4.78, 5) is 37.8. The molecule has 27 heavy (non-hydrogen) atoms. The van der Waals surface area contributed by atoms with E-state index in [1.165, 1.54) is 12.1 Å². The number of anilines is 2. The number of benzene rings is 2. The Morgan fingerprint density at radius 3 is 2.04 bits per heavy atom. The van der Waals surface area contributed by atoms with Crippen LogP contribution >= 0.6 is 0 Å². The molecule has 0 unspecified atom stereocenters. The number of nitrogens with zero attached hydrogens (tertiary/aromatic N) is 1. The van der Waals surface area contributed by atoms with Gasteiger partial charge in [0.05, 0.1) is 5.56 Å².